The summed E-state index contributed by atoms with van der Waals surface area (Å²) in [4.78, 5) is 12.3. The van der Waals surface area contributed by atoms with Crippen molar-refractivity contribution in [2.75, 3.05) is 11.9 Å². The van der Waals surface area contributed by atoms with Crippen LogP contribution in [0.4, 0.5) is 5.69 Å². The largest absolute Gasteiger partial charge is 0.492 e. The number of amides is 1. The van der Waals surface area contributed by atoms with Gasteiger partial charge in [0.05, 0.1) is 12.3 Å². The van der Waals surface area contributed by atoms with E-state index < -0.39 is 0 Å². The number of fused-ring (bicyclic) bond motifs is 1. The second-order valence-corrected chi connectivity index (χ2v) is 5.56. The summed E-state index contributed by atoms with van der Waals surface area (Å²) in [6, 6.07) is 7.67. The molecule has 0 spiro atoms. The van der Waals surface area contributed by atoms with Crippen LogP contribution in [0.25, 0.3) is 0 Å². The topological polar surface area (TPSA) is 38.3 Å². The standard InChI is InChI=1S/C16H21NO2/c1-2-19-14-10-6-5-9-13(14)17-16(18)15-11-7-3-4-8-12(11)15/h5-6,9-12,15H,2-4,7-8H2,1H3,(H,17,18)/t11-,12-/m1/s1. The number of nitrogens with one attached hydrogen (secondary N) is 1. The quantitative estimate of drug-likeness (QED) is 0.899. The third kappa shape index (κ3) is 2.46. The molecule has 1 N–H and O–H groups in total. The molecule has 2 saturated carbocycles. The molecule has 2 atom stereocenters. The maximum Gasteiger partial charge on any atom is 0.228 e. The second kappa shape index (κ2) is 5.24. The summed E-state index contributed by atoms with van der Waals surface area (Å²) in [7, 11) is 0. The van der Waals surface area contributed by atoms with Crippen LogP contribution >= 0.6 is 0 Å². The van der Waals surface area contributed by atoms with Crippen molar-refractivity contribution < 1.29 is 9.53 Å². The van der Waals surface area contributed by atoms with Gasteiger partial charge in [0.15, 0.2) is 0 Å². The van der Waals surface area contributed by atoms with Crippen LogP contribution in [-0.4, -0.2) is 12.5 Å². The zero-order chi connectivity index (χ0) is 13.2. The number of ether oxygens (including phenoxy) is 1. The van der Waals surface area contributed by atoms with Crippen LogP contribution in [0.2, 0.25) is 0 Å². The van der Waals surface area contributed by atoms with Gasteiger partial charge in [0.1, 0.15) is 5.75 Å². The van der Waals surface area contributed by atoms with Gasteiger partial charge in [-0.2, -0.15) is 0 Å². The monoisotopic (exact) mass is 259 g/mol. The molecule has 0 bridgehead atoms. The second-order valence-electron chi connectivity index (χ2n) is 5.56. The first kappa shape index (κ1) is 12.5. The summed E-state index contributed by atoms with van der Waals surface area (Å²) in [5.41, 5.74) is 0.804. The van der Waals surface area contributed by atoms with Gasteiger partial charge in [0, 0.05) is 5.92 Å². The van der Waals surface area contributed by atoms with E-state index in [0.29, 0.717) is 18.4 Å². The van der Waals surface area contributed by atoms with E-state index in [1.54, 1.807) is 0 Å². The van der Waals surface area contributed by atoms with Crippen LogP contribution in [-0.2, 0) is 4.79 Å². The molecule has 2 aliphatic carbocycles. The molecule has 0 aromatic heterocycles. The Hall–Kier alpha value is -1.51. The van der Waals surface area contributed by atoms with Crippen molar-refractivity contribution in [3.63, 3.8) is 0 Å². The van der Waals surface area contributed by atoms with E-state index in [4.69, 9.17) is 4.74 Å². The van der Waals surface area contributed by atoms with Gasteiger partial charge in [-0.05, 0) is 43.7 Å². The minimum Gasteiger partial charge on any atom is -0.492 e. The molecule has 2 aliphatic rings. The Morgan fingerprint density at radius 2 is 1.95 bits per heavy atom. The summed E-state index contributed by atoms with van der Waals surface area (Å²) < 4.78 is 5.54. The third-order valence-electron chi connectivity index (χ3n) is 4.40. The summed E-state index contributed by atoms with van der Waals surface area (Å²) in [6.07, 6.45) is 5.05. The SMILES string of the molecule is CCOc1ccccc1NC(=O)C1[C@@H]2CCCC[C@@H]12. The summed E-state index contributed by atoms with van der Waals surface area (Å²) in [5.74, 6) is 2.49. The van der Waals surface area contributed by atoms with Crippen LogP contribution in [0, 0.1) is 17.8 Å². The first-order chi connectivity index (χ1) is 9.31. The molecule has 0 unspecified atom stereocenters. The van der Waals surface area contributed by atoms with E-state index in [1.165, 1.54) is 25.7 Å². The molecule has 3 nitrogen and oxygen atoms in total. The maximum absolute atomic E-state index is 12.3. The Balaban J connectivity index is 1.67. The number of hydrogen-bond acceptors (Lipinski definition) is 2. The highest BCUT2D eigenvalue weighted by Crippen LogP contribution is 2.55. The lowest BCUT2D eigenvalue weighted by atomic mass is 10.0. The molecular weight excluding hydrogens is 238 g/mol. The molecule has 1 aromatic rings. The zero-order valence-corrected chi connectivity index (χ0v) is 11.4. The minimum absolute atomic E-state index is 0.184. The molecule has 2 fully saturated rings. The molecule has 1 aromatic carbocycles. The highest BCUT2D eigenvalue weighted by Gasteiger charge is 2.54. The molecule has 0 heterocycles. The fraction of sp³-hybridized carbons (Fsp3) is 0.562. The Kier molecular flexibility index (Phi) is 3.45. The molecular formula is C16H21NO2. The van der Waals surface area contributed by atoms with Gasteiger partial charge in [-0.1, -0.05) is 25.0 Å². The molecule has 0 saturated heterocycles. The number of carbonyl (C=O) groups excluding carboxylic acids is 1. The van der Waals surface area contributed by atoms with Gasteiger partial charge < -0.3 is 10.1 Å². The molecule has 19 heavy (non-hydrogen) atoms. The van der Waals surface area contributed by atoms with Crippen molar-refractivity contribution in [2.45, 2.75) is 32.6 Å². The summed E-state index contributed by atoms with van der Waals surface area (Å²) in [6.45, 7) is 2.57. The van der Waals surface area contributed by atoms with Crippen LogP contribution < -0.4 is 10.1 Å². The average Bonchev–Trinajstić information content (AvgIpc) is 3.15. The van der Waals surface area contributed by atoms with Crippen molar-refractivity contribution in [1.82, 2.24) is 0 Å². The van der Waals surface area contributed by atoms with Gasteiger partial charge in [-0.25, -0.2) is 0 Å². The first-order valence-electron chi connectivity index (χ1n) is 7.34. The number of benzene rings is 1. The number of para-hydroxylation sites is 2. The summed E-state index contributed by atoms with van der Waals surface area (Å²) >= 11 is 0. The Labute approximate surface area is 114 Å². The maximum atomic E-state index is 12.3. The van der Waals surface area contributed by atoms with Gasteiger partial charge >= 0.3 is 0 Å². The first-order valence-corrected chi connectivity index (χ1v) is 7.34. The highest BCUT2D eigenvalue weighted by molar-refractivity contribution is 5.96. The van der Waals surface area contributed by atoms with E-state index >= 15 is 0 Å². The zero-order valence-electron chi connectivity index (χ0n) is 11.4. The van der Waals surface area contributed by atoms with E-state index in [-0.39, 0.29) is 11.8 Å². The summed E-state index contributed by atoms with van der Waals surface area (Å²) in [5, 5.41) is 3.05. The highest BCUT2D eigenvalue weighted by atomic mass is 16.5. The fourth-order valence-corrected chi connectivity index (χ4v) is 3.45. The van der Waals surface area contributed by atoms with Gasteiger partial charge in [-0.3, -0.25) is 4.79 Å². The van der Waals surface area contributed by atoms with Crippen LogP contribution in [0.15, 0.2) is 24.3 Å². The molecule has 3 rings (SSSR count). The molecule has 3 heteroatoms. The lowest BCUT2D eigenvalue weighted by molar-refractivity contribution is -0.117. The van der Waals surface area contributed by atoms with Gasteiger partial charge in [0.2, 0.25) is 5.91 Å². The van der Waals surface area contributed by atoms with E-state index in [1.807, 2.05) is 31.2 Å². The number of rotatable bonds is 4. The smallest absolute Gasteiger partial charge is 0.228 e. The third-order valence-corrected chi connectivity index (χ3v) is 4.40. The molecule has 0 radical (unpaired) electrons. The van der Waals surface area contributed by atoms with Crippen molar-refractivity contribution in [3.8, 4) is 5.75 Å². The normalized spacial score (nSPS) is 28.4. The van der Waals surface area contributed by atoms with Crippen LogP contribution in [0.3, 0.4) is 0 Å². The lowest BCUT2D eigenvalue weighted by Crippen LogP contribution is -2.16. The lowest BCUT2D eigenvalue weighted by Gasteiger charge is -2.11. The predicted octanol–water partition coefficient (Wildman–Crippen LogP) is 3.46. The Morgan fingerprint density at radius 3 is 2.63 bits per heavy atom. The van der Waals surface area contributed by atoms with Crippen LogP contribution in [0.5, 0.6) is 5.75 Å². The van der Waals surface area contributed by atoms with Crippen LogP contribution in [0.1, 0.15) is 32.6 Å². The van der Waals surface area contributed by atoms with E-state index in [2.05, 4.69) is 5.32 Å². The molecule has 1 amide bonds. The van der Waals surface area contributed by atoms with E-state index in [0.717, 1.165) is 11.4 Å². The van der Waals surface area contributed by atoms with Gasteiger partial charge in [-0.15, -0.1) is 0 Å². The molecule has 0 aliphatic heterocycles. The Morgan fingerprint density at radius 1 is 1.26 bits per heavy atom. The number of anilines is 1. The molecule has 102 valence electrons. The number of carbonyl (C=O) groups is 1. The Bertz CT molecular complexity index is 460. The van der Waals surface area contributed by atoms with Crippen molar-refractivity contribution >= 4 is 11.6 Å². The van der Waals surface area contributed by atoms with Gasteiger partial charge in [0.25, 0.3) is 0 Å². The minimum atomic E-state index is 0.184. The van der Waals surface area contributed by atoms with Crippen molar-refractivity contribution in [3.05, 3.63) is 24.3 Å². The van der Waals surface area contributed by atoms with Crippen molar-refractivity contribution in [2.24, 2.45) is 17.8 Å². The van der Waals surface area contributed by atoms with E-state index in [9.17, 15) is 4.79 Å². The predicted molar refractivity (Wildman–Crippen MR) is 75.2 cm³/mol. The van der Waals surface area contributed by atoms with Crippen molar-refractivity contribution in [1.29, 1.82) is 0 Å². The number of hydrogen-bond donors (Lipinski definition) is 1. The fourth-order valence-electron chi connectivity index (χ4n) is 3.45. The average molecular weight is 259 g/mol.